The predicted octanol–water partition coefficient (Wildman–Crippen LogP) is 5.23. The highest BCUT2D eigenvalue weighted by molar-refractivity contribution is 5.94. The van der Waals surface area contributed by atoms with Crippen LogP contribution in [0.4, 0.5) is 11.6 Å². The van der Waals surface area contributed by atoms with E-state index < -0.39 is 5.60 Å². The summed E-state index contributed by atoms with van der Waals surface area (Å²) in [5.74, 6) is 1.50. The molecule has 3 aromatic rings. The first kappa shape index (κ1) is 26.9. The molecule has 2 atom stereocenters. The Balaban J connectivity index is 0.000000962. The van der Waals surface area contributed by atoms with Crippen LogP contribution in [0.3, 0.4) is 0 Å². The lowest BCUT2D eigenvalue weighted by atomic mass is 9.84. The summed E-state index contributed by atoms with van der Waals surface area (Å²) in [7, 11) is 0. The Bertz CT molecular complexity index is 1380. The van der Waals surface area contributed by atoms with Crippen LogP contribution in [-0.4, -0.2) is 52.0 Å². The van der Waals surface area contributed by atoms with E-state index >= 15 is 0 Å². The van der Waals surface area contributed by atoms with E-state index in [1.807, 2.05) is 45.9 Å². The molecular formula is C30H37N5O4. The number of hydrogen-bond acceptors (Lipinski definition) is 8. The van der Waals surface area contributed by atoms with Gasteiger partial charge in [-0.15, -0.1) is 0 Å². The van der Waals surface area contributed by atoms with Gasteiger partial charge in [0.25, 0.3) is 0 Å². The number of nitrogens with zero attached hydrogens (tertiary/aromatic N) is 3. The molecule has 1 amide bonds. The highest BCUT2D eigenvalue weighted by Gasteiger charge is 2.40. The third kappa shape index (κ3) is 5.68. The minimum Gasteiger partial charge on any atom is -0.486 e. The van der Waals surface area contributed by atoms with Gasteiger partial charge in [-0.1, -0.05) is 39.2 Å². The van der Waals surface area contributed by atoms with Gasteiger partial charge < -0.3 is 25.4 Å². The fourth-order valence-corrected chi connectivity index (χ4v) is 4.65. The molecule has 3 N–H and O–H groups in total. The molecule has 0 bridgehead atoms. The summed E-state index contributed by atoms with van der Waals surface area (Å²) in [5.41, 5.74) is 7.99. The van der Waals surface area contributed by atoms with Gasteiger partial charge in [-0.3, -0.25) is 4.79 Å². The number of benzene rings is 1. The average molecular weight is 532 g/mol. The Morgan fingerprint density at radius 1 is 1.18 bits per heavy atom. The van der Waals surface area contributed by atoms with Crippen LogP contribution >= 0.6 is 0 Å². The van der Waals surface area contributed by atoms with Crippen molar-refractivity contribution in [3.8, 4) is 5.75 Å². The van der Waals surface area contributed by atoms with E-state index in [1.165, 1.54) is 19.3 Å². The first-order chi connectivity index (χ1) is 18.7. The maximum absolute atomic E-state index is 12.4. The maximum Gasteiger partial charge on any atom is 0.340 e. The fourth-order valence-electron chi connectivity index (χ4n) is 4.65. The van der Waals surface area contributed by atoms with Crippen molar-refractivity contribution in [3.05, 3.63) is 53.3 Å². The second-order valence-corrected chi connectivity index (χ2v) is 11.1. The highest BCUT2D eigenvalue weighted by Crippen LogP contribution is 2.38. The van der Waals surface area contributed by atoms with Crippen molar-refractivity contribution in [1.29, 1.82) is 0 Å². The van der Waals surface area contributed by atoms with Crippen LogP contribution in [0.15, 0.2) is 36.5 Å². The molecule has 3 aliphatic rings. The summed E-state index contributed by atoms with van der Waals surface area (Å²) >= 11 is 0. The van der Waals surface area contributed by atoms with Crippen molar-refractivity contribution in [2.45, 2.75) is 77.0 Å². The van der Waals surface area contributed by atoms with Gasteiger partial charge in [0, 0.05) is 23.5 Å². The van der Waals surface area contributed by atoms with Crippen LogP contribution in [0.5, 0.6) is 5.75 Å². The number of aromatic nitrogens is 2. The Hall–Kier alpha value is -3.72. The molecule has 2 aliphatic heterocycles. The van der Waals surface area contributed by atoms with Crippen molar-refractivity contribution in [1.82, 2.24) is 14.9 Å². The van der Waals surface area contributed by atoms with E-state index in [0.717, 1.165) is 29.2 Å². The molecule has 6 rings (SSSR count). The summed E-state index contributed by atoms with van der Waals surface area (Å²) in [6, 6.07) is 9.24. The van der Waals surface area contributed by atoms with Crippen molar-refractivity contribution in [3.63, 3.8) is 0 Å². The number of nitrogens with two attached hydrogens (primary N) is 1. The molecule has 4 heterocycles. The first-order valence-corrected chi connectivity index (χ1v) is 13.8. The zero-order valence-corrected chi connectivity index (χ0v) is 23.1. The SMILES string of the molecule is C1CC1.CCC(N)c1ccc(OC2CN(C=O)C2)c2cnc(Nc3ccc4c(n3)C(C)C(C)(C)OC4=O)cc12. The van der Waals surface area contributed by atoms with E-state index in [1.54, 1.807) is 23.2 Å². The Labute approximate surface area is 229 Å². The molecule has 1 aromatic carbocycles. The molecule has 2 aromatic heterocycles. The summed E-state index contributed by atoms with van der Waals surface area (Å²) < 4.78 is 11.7. The summed E-state index contributed by atoms with van der Waals surface area (Å²) in [4.78, 5) is 34.3. The average Bonchev–Trinajstić information content (AvgIpc) is 3.78. The van der Waals surface area contributed by atoms with Crippen molar-refractivity contribution in [2.24, 2.45) is 5.73 Å². The zero-order chi connectivity index (χ0) is 27.7. The van der Waals surface area contributed by atoms with Crippen LogP contribution in [0, 0.1) is 0 Å². The van der Waals surface area contributed by atoms with Gasteiger partial charge in [-0.2, -0.15) is 0 Å². The zero-order valence-electron chi connectivity index (χ0n) is 23.1. The number of carbonyl (C=O) groups is 2. The van der Waals surface area contributed by atoms with Crippen molar-refractivity contribution >= 4 is 34.8 Å². The number of hydrogen-bond donors (Lipinski definition) is 2. The van der Waals surface area contributed by atoms with Crippen LogP contribution < -0.4 is 15.8 Å². The molecule has 0 spiro atoms. The molecule has 39 heavy (non-hydrogen) atoms. The van der Waals surface area contributed by atoms with Gasteiger partial charge >= 0.3 is 5.97 Å². The van der Waals surface area contributed by atoms with Gasteiger partial charge in [0.2, 0.25) is 6.41 Å². The lowest BCUT2D eigenvalue weighted by Gasteiger charge is -2.36. The largest absolute Gasteiger partial charge is 0.486 e. The minimum atomic E-state index is -0.637. The second kappa shape index (κ2) is 10.8. The first-order valence-electron chi connectivity index (χ1n) is 13.8. The molecule has 1 aliphatic carbocycles. The van der Waals surface area contributed by atoms with Crippen molar-refractivity contribution < 1.29 is 19.1 Å². The second-order valence-electron chi connectivity index (χ2n) is 11.1. The van der Waals surface area contributed by atoms with E-state index in [-0.39, 0.29) is 24.0 Å². The van der Waals surface area contributed by atoms with Gasteiger partial charge in [-0.25, -0.2) is 14.8 Å². The van der Waals surface area contributed by atoms with E-state index in [9.17, 15) is 9.59 Å². The van der Waals surface area contributed by atoms with Crippen LogP contribution in [0.25, 0.3) is 10.8 Å². The van der Waals surface area contributed by atoms with E-state index in [2.05, 4.69) is 10.3 Å². The molecule has 9 nitrogen and oxygen atoms in total. The lowest BCUT2D eigenvalue weighted by molar-refractivity contribution is -0.126. The van der Waals surface area contributed by atoms with Gasteiger partial charge in [-0.05, 0) is 55.5 Å². The van der Waals surface area contributed by atoms with E-state index in [0.29, 0.717) is 41.7 Å². The number of likely N-dealkylation sites (tertiary alicyclic amines) is 1. The monoisotopic (exact) mass is 531 g/mol. The Kier molecular flexibility index (Phi) is 7.44. The number of carbonyl (C=O) groups excluding carboxylic acids is 2. The van der Waals surface area contributed by atoms with Gasteiger partial charge in [0.1, 0.15) is 29.1 Å². The van der Waals surface area contributed by atoms with Gasteiger partial charge in [0.15, 0.2) is 0 Å². The molecule has 206 valence electrons. The number of nitrogens with one attached hydrogen (secondary N) is 1. The normalized spacial score (nSPS) is 20.1. The van der Waals surface area contributed by atoms with Crippen molar-refractivity contribution in [2.75, 3.05) is 18.4 Å². The predicted molar refractivity (Wildman–Crippen MR) is 150 cm³/mol. The summed E-state index contributed by atoms with van der Waals surface area (Å²) in [5, 5.41) is 5.10. The number of pyridine rings is 2. The van der Waals surface area contributed by atoms with E-state index in [4.69, 9.17) is 20.2 Å². The molecule has 1 saturated heterocycles. The summed E-state index contributed by atoms with van der Waals surface area (Å²) in [6.07, 6.45) is 7.85. The number of rotatable bonds is 7. The highest BCUT2D eigenvalue weighted by atomic mass is 16.6. The third-order valence-corrected chi connectivity index (χ3v) is 7.62. The number of amides is 1. The smallest absolute Gasteiger partial charge is 0.340 e. The number of fused-ring (bicyclic) bond motifs is 2. The molecular weight excluding hydrogens is 494 g/mol. The number of cyclic esters (lactones) is 1. The maximum atomic E-state index is 12.4. The Morgan fingerprint density at radius 2 is 1.92 bits per heavy atom. The summed E-state index contributed by atoms with van der Waals surface area (Å²) in [6.45, 7) is 8.98. The Morgan fingerprint density at radius 3 is 2.59 bits per heavy atom. The minimum absolute atomic E-state index is 0.0421. The molecule has 2 fully saturated rings. The third-order valence-electron chi connectivity index (χ3n) is 7.62. The number of anilines is 2. The lowest BCUT2D eigenvalue weighted by Crippen LogP contribution is -2.52. The quantitative estimate of drug-likeness (QED) is 0.314. The topological polar surface area (TPSA) is 120 Å². The fraction of sp³-hybridized carbons (Fsp3) is 0.467. The molecule has 2 unspecified atom stereocenters. The van der Waals surface area contributed by atoms with Crippen LogP contribution in [0.1, 0.15) is 87.0 Å². The van der Waals surface area contributed by atoms with Gasteiger partial charge in [0.05, 0.1) is 24.3 Å². The molecule has 1 saturated carbocycles. The molecule has 9 heteroatoms. The number of esters is 1. The molecule has 0 radical (unpaired) electrons. The number of ether oxygens (including phenoxy) is 2. The van der Waals surface area contributed by atoms with Crippen LogP contribution in [-0.2, 0) is 9.53 Å². The van der Waals surface area contributed by atoms with Crippen LogP contribution in [0.2, 0.25) is 0 Å². The standard InChI is InChI=1S/C27H31N5O4.C3H6/c1-5-21(28)17-6-8-22(35-16-12-32(13-16)14-33)20-11-29-24(10-19(17)20)30-23-9-7-18-25(31-23)15(2)27(3,4)36-26(18)34;1-2-3-1/h6-11,14-16,21H,5,12-13,28H2,1-4H3,(H,29,30,31);1-3H2.